The molecule has 86 valence electrons. The average Bonchev–Trinajstić information content (AvgIpc) is 2.28. The number of rotatable bonds is 5. The summed E-state index contributed by atoms with van der Waals surface area (Å²) in [7, 11) is 2.07. The van der Waals surface area contributed by atoms with Crippen LogP contribution in [0.1, 0.15) is 31.4 Å². The van der Waals surface area contributed by atoms with E-state index >= 15 is 0 Å². The Bertz CT molecular complexity index is 368. The summed E-state index contributed by atoms with van der Waals surface area (Å²) in [5.74, 6) is 0. The third-order valence-corrected chi connectivity index (χ3v) is 2.85. The summed E-state index contributed by atoms with van der Waals surface area (Å²) in [6.45, 7) is 3.09. The zero-order chi connectivity index (χ0) is 12.0. The second-order valence-electron chi connectivity index (χ2n) is 4.09. The Morgan fingerprint density at radius 1 is 1.50 bits per heavy atom. The van der Waals surface area contributed by atoms with Gasteiger partial charge in [-0.1, -0.05) is 12.1 Å². The largest absolute Gasteiger partial charge is 0.399 e. The van der Waals surface area contributed by atoms with E-state index in [4.69, 9.17) is 11.0 Å². The molecule has 1 rings (SSSR count). The Kier molecular flexibility index (Phi) is 4.81. The SMILES string of the molecule is CC(c1cccc(N)c1)N(C)CCCC#N. The van der Waals surface area contributed by atoms with Gasteiger partial charge in [0.25, 0.3) is 0 Å². The lowest BCUT2D eigenvalue weighted by atomic mass is 10.1. The molecule has 0 aromatic heterocycles. The topological polar surface area (TPSA) is 53.0 Å². The van der Waals surface area contributed by atoms with Crippen LogP contribution in [0.4, 0.5) is 5.69 Å². The number of hydrogen-bond donors (Lipinski definition) is 1. The van der Waals surface area contributed by atoms with Crippen molar-refractivity contribution in [2.75, 3.05) is 19.3 Å². The predicted octanol–water partition coefficient (Wildman–Crippen LogP) is 2.57. The number of anilines is 1. The molecule has 0 heterocycles. The zero-order valence-electron chi connectivity index (χ0n) is 9.98. The van der Waals surface area contributed by atoms with Crippen LogP contribution in [0.25, 0.3) is 0 Å². The normalized spacial score (nSPS) is 12.4. The van der Waals surface area contributed by atoms with Crippen molar-refractivity contribution in [2.45, 2.75) is 25.8 Å². The molecule has 0 aliphatic carbocycles. The number of nitrogen functional groups attached to an aromatic ring is 1. The maximum atomic E-state index is 8.49. The van der Waals surface area contributed by atoms with Crippen LogP contribution in [0.15, 0.2) is 24.3 Å². The summed E-state index contributed by atoms with van der Waals surface area (Å²) in [6, 6.07) is 10.5. The highest BCUT2D eigenvalue weighted by molar-refractivity contribution is 5.41. The van der Waals surface area contributed by atoms with E-state index in [2.05, 4.69) is 31.0 Å². The quantitative estimate of drug-likeness (QED) is 0.609. The van der Waals surface area contributed by atoms with Crippen LogP contribution in [0.2, 0.25) is 0 Å². The molecule has 0 bridgehead atoms. The van der Waals surface area contributed by atoms with Gasteiger partial charge in [0.15, 0.2) is 0 Å². The molecule has 3 nitrogen and oxygen atoms in total. The van der Waals surface area contributed by atoms with Crippen LogP contribution in [-0.4, -0.2) is 18.5 Å². The Hall–Kier alpha value is -1.53. The molecule has 0 fully saturated rings. The Labute approximate surface area is 97.5 Å². The summed E-state index contributed by atoms with van der Waals surface area (Å²) < 4.78 is 0. The number of nitrogens with zero attached hydrogens (tertiary/aromatic N) is 2. The van der Waals surface area contributed by atoms with Gasteiger partial charge in [0, 0.05) is 18.2 Å². The van der Waals surface area contributed by atoms with Crippen molar-refractivity contribution in [3.8, 4) is 6.07 Å². The van der Waals surface area contributed by atoms with Crippen LogP contribution < -0.4 is 5.73 Å². The molecular formula is C13H19N3. The molecule has 0 amide bonds. The minimum atomic E-state index is 0.335. The molecular weight excluding hydrogens is 198 g/mol. The summed E-state index contributed by atoms with van der Waals surface area (Å²) in [5, 5.41) is 8.49. The van der Waals surface area contributed by atoms with Gasteiger partial charge >= 0.3 is 0 Å². The fourth-order valence-electron chi connectivity index (χ4n) is 1.67. The second kappa shape index (κ2) is 6.14. The smallest absolute Gasteiger partial charge is 0.0622 e. The van der Waals surface area contributed by atoms with Gasteiger partial charge in [-0.05, 0) is 44.6 Å². The van der Waals surface area contributed by atoms with Gasteiger partial charge < -0.3 is 5.73 Å². The van der Waals surface area contributed by atoms with E-state index in [-0.39, 0.29) is 0 Å². The third-order valence-electron chi connectivity index (χ3n) is 2.85. The van der Waals surface area contributed by atoms with Crippen molar-refractivity contribution in [2.24, 2.45) is 0 Å². The Morgan fingerprint density at radius 2 is 2.25 bits per heavy atom. The van der Waals surface area contributed by atoms with Gasteiger partial charge in [0.1, 0.15) is 0 Å². The van der Waals surface area contributed by atoms with Crippen molar-refractivity contribution in [3.63, 3.8) is 0 Å². The Morgan fingerprint density at radius 3 is 2.88 bits per heavy atom. The van der Waals surface area contributed by atoms with Crippen molar-refractivity contribution < 1.29 is 0 Å². The first-order chi connectivity index (χ1) is 7.65. The van der Waals surface area contributed by atoms with E-state index in [1.807, 2.05) is 18.2 Å². The maximum absolute atomic E-state index is 8.49. The van der Waals surface area contributed by atoms with Gasteiger partial charge in [0.2, 0.25) is 0 Å². The first-order valence-electron chi connectivity index (χ1n) is 5.57. The van der Waals surface area contributed by atoms with E-state index in [1.165, 1.54) is 5.56 Å². The van der Waals surface area contributed by atoms with Crippen LogP contribution in [0.5, 0.6) is 0 Å². The van der Waals surface area contributed by atoms with Crippen LogP contribution >= 0.6 is 0 Å². The molecule has 0 aliphatic heterocycles. The fourth-order valence-corrected chi connectivity index (χ4v) is 1.67. The van der Waals surface area contributed by atoms with Crippen LogP contribution in [-0.2, 0) is 0 Å². The molecule has 0 spiro atoms. The number of benzene rings is 1. The van der Waals surface area contributed by atoms with Gasteiger partial charge in [-0.2, -0.15) is 5.26 Å². The van der Waals surface area contributed by atoms with E-state index in [0.29, 0.717) is 12.5 Å². The van der Waals surface area contributed by atoms with E-state index in [0.717, 1.165) is 18.7 Å². The number of nitrogens with two attached hydrogens (primary N) is 1. The molecule has 0 radical (unpaired) electrons. The molecule has 2 N–H and O–H groups in total. The highest BCUT2D eigenvalue weighted by atomic mass is 15.1. The lowest BCUT2D eigenvalue weighted by Gasteiger charge is -2.24. The molecule has 16 heavy (non-hydrogen) atoms. The molecule has 1 aromatic carbocycles. The number of nitriles is 1. The molecule has 1 aromatic rings. The van der Waals surface area contributed by atoms with Crippen LogP contribution in [0, 0.1) is 11.3 Å². The fraction of sp³-hybridized carbons (Fsp3) is 0.462. The monoisotopic (exact) mass is 217 g/mol. The number of hydrogen-bond acceptors (Lipinski definition) is 3. The van der Waals surface area contributed by atoms with Gasteiger partial charge in [-0.25, -0.2) is 0 Å². The first-order valence-corrected chi connectivity index (χ1v) is 5.57. The maximum Gasteiger partial charge on any atom is 0.0622 e. The molecule has 1 atom stereocenters. The first kappa shape index (κ1) is 12.5. The van der Waals surface area contributed by atoms with E-state index in [9.17, 15) is 0 Å². The standard InChI is InChI=1S/C13H19N3/c1-11(16(2)9-4-3-8-14)12-6-5-7-13(15)10-12/h5-7,10-11H,3-4,9,15H2,1-2H3. The molecule has 0 aliphatic rings. The van der Waals surface area contributed by atoms with Crippen molar-refractivity contribution in [1.29, 1.82) is 5.26 Å². The number of unbranched alkanes of at least 4 members (excludes halogenated alkanes) is 1. The van der Waals surface area contributed by atoms with E-state index in [1.54, 1.807) is 0 Å². The molecule has 0 saturated heterocycles. The van der Waals surface area contributed by atoms with Crippen molar-refractivity contribution >= 4 is 5.69 Å². The minimum absolute atomic E-state index is 0.335. The minimum Gasteiger partial charge on any atom is -0.399 e. The van der Waals surface area contributed by atoms with Gasteiger partial charge in [-0.15, -0.1) is 0 Å². The highest BCUT2D eigenvalue weighted by Gasteiger charge is 2.10. The lowest BCUT2D eigenvalue weighted by molar-refractivity contribution is 0.259. The molecule has 3 heteroatoms. The van der Waals surface area contributed by atoms with Crippen LogP contribution in [0.3, 0.4) is 0 Å². The predicted molar refractivity (Wildman–Crippen MR) is 66.7 cm³/mol. The second-order valence-corrected chi connectivity index (χ2v) is 4.09. The van der Waals surface area contributed by atoms with Crippen molar-refractivity contribution in [3.05, 3.63) is 29.8 Å². The third kappa shape index (κ3) is 3.56. The average molecular weight is 217 g/mol. The highest BCUT2D eigenvalue weighted by Crippen LogP contribution is 2.20. The van der Waals surface area contributed by atoms with Gasteiger partial charge in [0.05, 0.1) is 6.07 Å². The zero-order valence-corrected chi connectivity index (χ0v) is 9.98. The lowest BCUT2D eigenvalue weighted by Crippen LogP contribution is -2.23. The Balaban J connectivity index is 2.56. The molecule has 1 unspecified atom stereocenters. The van der Waals surface area contributed by atoms with Gasteiger partial charge in [-0.3, -0.25) is 4.90 Å². The van der Waals surface area contributed by atoms with E-state index < -0.39 is 0 Å². The molecule has 0 saturated carbocycles. The summed E-state index contributed by atoms with van der Waals surface area (Å²) in [4.78, 5) is 2.24. The summed E-state index contributed by atoms with van der Waals surface area (Å²) in [6.07, 6.45) is 1.54. The summed E-state index contributed by atoms with van der Waals surface area (Å²) in [5.41, 5.74) is 7.78. The summed E-state index contributed by atoms with van der Waals surface area (Å²) >= 11 is 0. The van der Waals surface area contributed by atoms with Crippen molar-refractivity contribution in [1.82, 2.24) is 4.90 Å².